The van der Waals surface area contributed by atoms with E-state index in [0.717, 1.165) is 49.2 Å². The summed E-state index contributed by atoms with van der Waals surface area (Å²) in [5, 5.41) is 14.0. The molecule has 7 atom stereocenters. The first kappa shape index (κ1) is 34.4. The molecule has 4 aliphatic heterocycles. The molecule has 10 heteroatoms. The van der Waals surface area contributed by atoms with E-state index in [-0.39, 0.29) is 41.1 Å². The number of thioether (sulfide) groups is 1. The van der Waals surface area contributed by atoms with Crippen LogP contribution in [0.25, 0.3) is 0 Å². The Bertz CT molecular complexity index is 1350. The lowest BCUT2D eigenvalue weighted by atomic mass is 9.72. The normalized spacial score (nSPS) is 35.5. The van der Waals surface area contributed by atoms with Crippen molar-refractivity contribution in [1.82, 2.24) is 24.9 Å². The number of nitriles is 1. The molecule has 6 aliphatic rings. The number of amides is 1. The average Bonchev–Trinajstić information content (AvgIpc) is 3.65. The summed E-state index contributed by atoms with van der Waals surface area (Å²) in [4.78, 5) is 23.7. The van der Waals surface area contributed by atoms with Crippen LogP contribution in [0.4, 0.5) is 4.39 Å². The zero-order valence-electron chi connectivity index (χ0n) is 28.8. The number of likely N-dealkylation sites (N-methyl/N-ethyl adjacent to an activating group) is 1. The van der Waals surface area contributed by atoms with Gasteiger partial charge >= 0.3 is 0 Å². The van der Waals surface area contributed by atoms with Crippen molar-refractivity contribution in [2.45, 2.75) is 136 Å². The van der Waals surface area contributed by atoms with Gasteiger partial charge in [0.2, 0.25) is 5.91 Å². The van der Waals surface area contributed by atoms with Crippen molar-refractivity contribution in [2.75, 3.05) is 39.8 Å². The van der Waals surface area contributed by atoms with Crippen molar-refractivity contribution in [1.29, 1.82) is 5.26 Å². The maximum absolute atomic E-state index is 15.0. The first-order valence-corrected chi connectivity index (χ1v) is 19.6. The Kier molecular flexibility index (Phi) is 10.8. The predicted octanol–water partition coefficient (Wildman–Crippen LogP) is 5.73. The molecule has 3 saturated heterocycles. The molecule has 8 nitrogen and oxygen atoms in total. The highest BCUT2D eigenvalue weighted by atomic mass is 32.2. The largest absolute Gasteiger partial charge is 0.348 e. The van der Waals surface area contributed by atoms with Gasteiger partial charge in [0.1, 0.15) is 5.82 Å². The van der Waals surface area contributed by atoms with Crippen molar-refractivity contribution in [3.8, 4) is 6.07 Å². The van der Waals surface area contributed by atoms with Gasteiger partial charge in [-0.25, -0.2) is 9.29 Å². The zero-order chi connectivity index (χ0) is 33.3. The number of hydrogen-bond donors (Lipinski definition) is 1. The van der Waals surface area contributed by atoms with E-state index in [9.17, 15) is 10.1 Å². The van der Waals surface area contributed by atoms with E-state index in [1.807, 2.05) is 22.7 Å². The Morgan fingerprint density at radius 1 is 1.12 bits per heavy atom. The molecule has 262 valence electrons. The van der Waals surface area contributed by atoms with Crippen LogP contribution in [0.5, 0.6) is 0 Å². The fourth-order valence-corrected chi connectivity index (χ4v) is 11.6. The van der Waals surface area contributed by atoms with Crippen LogP contribution in [-0.4, -0.2) is 107 Å². The monoisotopic (exact) mass is 678 g/mol. The van der Waals surface area contributed by atoms with Gasteiger partial charge in [-0.15, -0.1) is 11.8 Å². The van der Waals surface area contributed by atoms with Crippen LogP contribution in [-0.2, 0) is 16.0 Å². The van der Waals surface area contributed by atoms with Crippen molar-refractivity contribution < 1.29 is 13.9 Å². The first-order chi connectivity index (χ1) is 23.4. The fraction of sp³-hybridized carbons (Fsp3) is 0.737. The minimum absolute atomic E-state index is 0.0136. The van der Waals surface area contributed by atoms with Crippen LogP contribution >= 0.6 is 11.8 Å². The predicted molar refractivity (Wildman–Crippen MR) is 188 cm³/mol. The standard InChI is InChI=1S/C38H55FN6O2S/c1-3-35(46)44-22-21-43(25-28(44)17-19-40)36-30-16-18-38(23-31-32(39)14-9-15-34(31)48-38)24-33(30)41-37(47-26-29-13-10-20-42(29)2)45(36)27-11-7-5-4-6-8-12-27/h3,9,14-15,27-30,33,36-37,41H,1,4-8,10-13,16-18,20-26H2,2H3/t28?,29?,30?,33?,36?,37?,38-/m0/s1. The van der Waals surface area contributed by atoms with Crippen LogP contribution in [0.3, 0.4) is 0 Å². The van der Waals surface area contributed by atoms with Crippen molar-refractivity contribution in [3.05, 3.63) is 42.2 Å². The van der Waals surface area contributed by atoms with Gasteiger partial charge in [0, 0.05) is 58.9 Å². The number of likely N-dealkylation sites (tertiary alicyclic amines) is 1. The summed E-state index contributed by atoms with van der Waals surface area (Å²) < 4.78 is 22.1. The second-order valence-corrected chi connectivity index (χ2v) is 16.9. The summed E-state index contributed by atoms with van der Waals surface area (Å²) in [5.41, 5.74) is 0.892. The average molecular weight is 679 g/mol. The number of halogens is 1. The lowest BCUT2D eigenvalue weighted by Gasteiger charge is -2.60. The number of nitrogens with zero attached hydrogens (tertiary/aromatic N) is 5. The Morgan fingerprint density at radius 2 is 1.94 bits per heavy atom. The third kappa shape index (κ3) is 6.97. The molecule has 1 aromatic rings. The fourth-order valence-electron chi connectivity index (χ4n) is 10.0. The topological polar surface area (TPSA) is 75.1 Å². The van der Waals surface area contributed by atoms with E-state index < -0.39 is 0 Å². The third-order valence-corrected chi connectivity index (χ3v) is 14.1. The molecule has 6 unspecified atom stereocenters. The molecule has 0 radical (unpaired) electrons. The van der Waals surface area contributed by atoms with E-state index >= 15 is 4.39 Å². The lowest BCUT2D eigenvalue weighted by molar-refractivity contribution is -0.214. The third-order valence-electron chi connectivity index (χ3n) is 12.5. The molecule has 1 aromatic carbocycles. The highest BCUT2D eigenvalue weighted by molar-refractivity contribution is 8.01. The number of ether oxygens (including phenoxy) is 1. The number of carbonyl (C=O) groups excluding carboxylic acids is 1. The smallest absolute Gasteiger partial charge is 0.246 e. The molecule has 48 heavy (non-hydrogen) atoms. The van der Waals surface area contributed by atoms with E-state index in [4.69, 9.17) is 4.74 Å². The summed E-state index contributed by atoms with van der Waals surface area (Å²) in [6.07, 6.45) is 16.6. The Morgan fingerprint density at radius 3 is 2.67 bits per heavy atom. The molecule has 2 saturated carbocycles. The van der Waals surface area contributed by atoms with Crippen LogP contribution in [0.2, 0.25) is 0 Å². The molecule has 1 spiro atoms. The van der Waals surface area contributed by atoms with Gasteiger partial charge in [-0.3, -0.25) is 15.0 Å². The minimum atomic E-state index is -0.211. The van der Waals surface area contributed by atoms with Gasteiger partial charge in [0.05, 0.1) is 31.3 Å². The Hall–Kier alpha value is -2.00. The second kappa shape index (κ2) is 15.1. The maximum atomic E-state index is 15.0. The summed E-state index contributed by atoms with van der Waals surface area (Å²) in [5.74, 6) is 0.219. The number of piperazine rings is 1. The maximum Gasteiger partial charge on any atom is 0.246 e. The number of nitrogens with one attached hydrogen (secondary N) is 1. The number of hydrogen-bond acceptors (Lipinski definition) is 8. The van der Waals surface area contributed by atoms with Gasteiger partial charge in [0.25, 0.3) is 0 Å². The molecule has 0 aromatic heterocycles. The molecule has 4 heterocycles. The molecule has 2 aliphatic carbocycles. The Balaban J connectivity index is 1.22. The van der Waals surface area contributed by atoms with E-state index in [1.54, 1.807) is 6.07 Å². The molecular weight excluding hydrogens is 624 g/mol. The quantitative estimate of drug-likeness (QED) is 0.367. The van der Waals surface area contributed by atoms with E-state index in [2.05, 4.69) is 45.8 Å². The number of carbonyl (C=O) groups is 1. The molecule has 0 bridgehead atoms. The summed E-state index contributed by atoms with van der Waals surface area (Å²) in [7, 11) is 2.22. The molecule has 1 N–H and O–H groups in total. The molecule has 5 fully saturated rings. The lowest BCUT2D eigenvalue weighted by Crippen LogP contribution is -2.75. The van der Waals surface area contributed by atoms with Crippen LogP contribution in [0.1, 0.15) is 89.0 Å². The molecule has 1 amide bonds. The highest BCUT2D eigenvalue weighted by Gasteiger charge is 2.55. The van der Waals surface area contributed by atoms with Gasteiger partial charge in [-0.1, -0.05) is 44.7 Å². The van der Waals surface area contributed by atoms with Crippen molar-refractivity contribution >= 4 is 17.7 Å². The van der Waals surface area contributed by atoms with E-state index in [0.29, 0.717) is 44.1 Å². The molecular formula is C38H55FN6O2S. The number of rotatable bonds is 7. The summed E-state index contributed by atoms with van der Waals surface area (Å²) in [6.45, 7) is 7.64. The SMILES string of the molecule is C=CC(=O)N1CCN(C2C3CC[C@]4(Cc5c(F)cccc5S4)CC3NC(OCC3CCCN3C)N2C2CCCCCCC2)CC1CC#N. The number of fused-ring (bicyclic) bond motifs is 2. The highest BCUT2D eigenvalue weighted by Crippen LogP contribution is 2.55. The van der Waals surface area contributed by atoms with Crippen LogP contribution in [0.15, 0.2) is 35.7 Å². The van der Waals surface area contributed by atoms with Gasteiger partial charge in [0.15, 0.2) is 6.35 Å². The van der Waals surface area contributed by atoms with Gasteiger partial charge in [-0.2, -0.15) is 5.26 Å². The van der Waals surface area contributed by atoms with Crippen molar-refractivity contribution in [3.63, 3.8) is 0 Å². The summed E-state index contributed by atoms with van der Waals surface area (Å²) in [6, 6.07) is 8.85. The summed E-state index contributed by atoms with van der Waals surface area (Å²) >= 11 is 1.90. The molecule has 7 rings (SSSR count). The minimum Gasteiger partial charge on any atom is -0.348 e. The Labute approximate surface area is 291 Å². The van der Waals surface area contributed by atoms with Gasteiger partial charge < -0.3 is 14.5 Å². The number of benzene rings is 1. The second-order valence-electron chi connectivity index (χ2n) is 15.4. The van der Waals surface area contributed by atoms with Crippen molar-refractivity contribution in [2.24, 2.45) is 5.92 Å². The first-order valence-electron chi connectivity index (χ1n) is 18.8. The van der Waals surface area contributed by atoms with Crippen LogP contribution in [0, 0.1) is 23.1 Å². The van der Waals surface area contributed by atoms with E-state index in [1.165, 1.54) is 63.9 Å². The van der Waals surface area contributed by atoms with Gasteiger partial charge in [-0.05, 0) is 83.2 Å². The zero-order valence-corrected chi connectivity index (χ0v) is 29.6. The van der Waals surface area contributed by atoms with Crippen LogP contribution < -0.4 is 5.32 Å².